The Hall–Kier alpha value is -1.54. The summed E-state index contributed by atoms with van der Waals surface area (Å²) in [5, 5.41) is 0. The highest BCUT2D eigenvalue weighted by Gasteiger charge is 2.08. The summed E-state index contributed by atoms with van der Waals surface area (Å²) in [4.78, 5) is 1.90. The van der Waals surface area contributed by atoms with Crippen molar-refractivity contribution in [3.8, 4) is 0 Å². The molecule has 0 atom stereocenters. The van der Waals surface area contributed by atoms with Crippen molar-refractivity contribution in [1.29, 1.82) is 0 Å². The van der Waals surface area contributed by atoms with Gasteiger partial charge in [-0.1, -0.05) is 35.9 Å². The van der Waals surface area contributed by atoms with Crippen LogP contribution in [0, 0.1) is 12.7 Å². The summed E-state index contributed by atoms with van der Waals surface area (Å²) in [5.41, 5.74) is 3.78. The quantitative estimate of drug-likeness (QED) is 0.743. The van der Waals surface area contributed by atoms with Gasteiger partial charge in [0.25, 0.3) is 0 Å². The molecule has 0 aliphatic heterocycles. The molecule has 0 bridgehead atoms. The molecule has 19 heavy (non-hydrogen) atoms. The Morgan fingerprint density at radius 3 is 2.26 bits per heavy atom. The highest BCUT2D eigenvalue weighted by Crippen LogP contribution is 2.22. The lowest BCUT2D eigenvalue weighted by Crippen LogP contribution is -2.17. The summed E-state index contributed by atoms with van der Waals surface area (Å²) in [5.74, 6) is 0.103. The summed E-state index contributed by atoms with van der Waals surface area (Å²) >= 11 is 5.70. The van der Waals surface area contributed by atoms with Gasteiger partial charge in [-0.2, -0.15) is 0 Å². The predicted octanol–water partition coefficient (Wildman–Crippen LogP) is 4.51. The predicted molar refractivity (Wildman–Crippen MR) is 79.2 cm³/mol. The van der Waals surface area contributed by atoms with Crippen molar-refractivity contribution < 1.29 is 4.39 Å². The van der Waals surface area contributed by atoms with Crippen LogP contribution in [0.25, 0.3) is 0 Å². The fourth-order valence-electron chi connectivity index (χ4n) is 2.00. The molecule has 2 rings (SSSR count). The number of rotatable bonds is 4. The standard InChI is InChI=1S/C16H17ClFN/c1-12-3-5-13(6-4-12)11-19(2)16-8-7-14(10-17)9-15(16)18/h3-9H,10-11H2,1-2H3. The Kier molecular flexibility index (Phi) is 4.43. The lowest BCUT2D eigenvalue weighted by Gasteiger charge is -2.20. The van der Waals surface area contributed by atoms with Crippen LogP contribution in [0.5, 0.6) is 0 Å². The summed E-state index contributed by atoms with van der Waals surface area (Å²) in [6.45, 7) is 2.73. The number of nitrogens with zero attached hydrogens (tertiary/aromatic N) is 1. The van der Waals surface area contributed by atoms with Gasteiger partial charge in [-0.25, -0.2) is 4.39 Å². The van der Waals surface area contributed by atoms with Crippen molar-refractivity contribution in [1.82, 2.24) is 0 Å². The van der Waals surface area contributed by atoms with Gasteiger partial charge in [-0.15, -0.1) is 11.6 Å². The summed E-state index contributed by atoms with van der Waals surface area (Å²) in [7, 11) is 1.89. The van der Waals surface area contributed by atoms with E-state index < -0.39 is 0 Å². The number of alkyl halides is 1. The minimum absolute atomic E-state index is 0.229. The molecule has 2 aromatic rings. The van der Waals surface area contributed by atoms with Crippen LogP contribution in [0.2, 0.25) is 0 Å². The van der Waals surface area contributed by atoms with Crippen molar-refractivity contribution in [2.24, 2.45) is 0 Å². The first-order valence-corrected chi connectivity index (χ1v) is 6.74. The third-order valence-corrected chi connectivity index (χ3v) is 3.43. The first kappa shape index (κ1) is 13.9. The highest BCUT2D eigenvalue weighted by atomic mass is 35.5. The van der Waals surface area contributed by atoms with Gasteiger partial charge in [-0.05, 0) is 30.2 Å². The molecule has 0 saturated heterocycles. The minimum Gasteiger partial charge on any atom is -0.368 e. The molecule has 0 amide bonds. The molecule has 0 fully saturated rings. The largest absolute Gasteiger partial charge is 0.368 e. The number of halogens is 2. The molecule has 0 radical (unpaired) electrons. The van der Waals surface area contributed by atoms with Crippen molar-refractivity contribution in [2.45, 2.75) is 19.3 Å². The van der Waals surface area contributed by atoms with Gasteiger partial charge in [0.1, 0.15) is 5.82 Å². The summed E-state index contributed by atoms with van der Waals surface area (Å²) in [6.07, 6.45) is 0. The summed E-state index contributed by atoms with van der Waals surface area (Å²) < 4.78 is 14.0. The monoisotopic (exact) mass is 277 g/mol. The highest BCUT2D eigenvalue weighted by molar-refractivity contribution is 6.17. The maximum Gasteiger partial charge on any atom is 0.146 e. The van der Waals surface area contributed by atoms with E-state index in [1.54, 1.807) is 6.07 Å². The zero-order valence-electron chi connectivity index (χ0n) is 11.2. The van der Waals surface area contributed by atoms with E-state index in [1.807, 2.05) is 18.0 Å². The first-order valence-electron chi connectivity index (χ1n) is 6.21. The van der Waals surface area contributed by atoms with Crippen molar-refractivity contribution in [2.75, 3.05) is 11.9 Å². The van der Waals surface area contributed by atoms with Crippen LogP contribution < -0.4 is 4.90 Å². The smallest absolute Gasteiger partial charge is 0.146 e. The fourth-order valence-corrected chi connectivity index (χ4v) is 2.16. The van der Waals surface area contributed by atoms with E-state index in [0.717, 1.165) is 11.1 Å². The van der Waals surface area contributed by atoms with Gasteiger partial charge >= 0.3 is 0 Å². The Bertz CT molecular complexity index is 551. The number of anilines is 1. The van der Waals surface area contributed by atoms with Crippen LogP contribution in [0.4, 0.5) is 10.1 Å². The number of aryl methyl sites for hydroxylation is 1. The van der Waals surface area contributed by atoms with Crippen molar-refractivity contribution in [3.63, 3.8) is 0 Å². The first-order chi connectivity index (χ1) is 9.10. The number of hydrogen-bond donors (Lipinski definition) is 0. The van der Waals surface area contributed by atoms with Gasteiger partial charge in [0.2, 0.25) is 0 Å². The van der Waals surface area contributed by atoms with Crippen molar-refractivity contribution in [3.05, 3.63) is 65.0 Å². The van der Waals surface area contributed by atoms with Crippen LogP contribution in [0.1, 0.15) is 16.7 Å². The number of hydrogen-bond acceptors (Lipinski definition) is 1. The average molecular weight is 278 g/mol. The SMILES string of the molecule is Cc1ccc(CN(C)c2ccc(CCl)cc2F)cc1. The minimum atomic E-state index is -0.229. The molecule has 1 nitrogen and oxygen atoms in total. The second-order valence-corrected chi connectivity index (χ2v) is 5.03. The second-order valence-electron chi connectivity index (χ2n) is 4.76. The molecule has 0 spiro atoms. The molecule has 0 unspecified atom stereocenters. The van der Waals surface area contributed by atoms with Crippen LogP contribution in [-0.4, -0.2) is 7.05 Å². The average Bonchev–Trinajstić information content (AvgIpc) is 2.41. The van der Waals surface area contributed by atoms with Crippen LogP contribution in [0.3, 0.4) is 0 Å². The van der Waals surface area contributed by atoms with Crippen molar-refractivity contribution >= 4 is 17.3 Å². The van der Waals surface area contributed by atoms with Gasteiger partial charge in [0, 0.05) is 19.5 Å². The van der Waals surface area contributed by atoms with E-state index in [0.29, 0.717) is 18.1 Å². The molecule has 0 heterocycles. The zero-order valence-corrected chi connectivity index (χ0v) is 11.9. The number of benzene rings is 2. The van der Waals surface area contributed by atoms with Gasteiger partial charge in [-0.3, -0.25) is 0 Å². The van der Waals surface area contributed by atoms with E-state index in [2.05, 4.69) is 31.2 Å². The Morgan fingerprint density at radius 1 is 1.05 bits per heavy atom. The lowest BCUT2D eigenvalue weighted by atomic mass is 10.1. The molecule has 3 heteroatoms. The molecule has 2 aromatic carbocycles. The molecular formula is C16H17ClFN. The topological polar surface area (TPSA) is 3.24 Å². The van der Waals surface area contributed by atoms with Gasteiger partial charge in [0.15, 0.2) is 0 Å². The van der Waals surface area contributed by atoms with E-state index in [9.17, 15) is 4.39 Å². The molecule has 0 aliphatic carbocycles. The van der Waals surface area contributed by atoms with E-state index >= 15 is 0 Å². The van der Waals surface area contributed by atoms with Crippen LogP contribution >= 0.6 is 11.6 Å². The third kappa shape index (κ3) is 3.48. The molecule has 100 valence electrons. The van der Waals surface area contributed by atoms with Crippen LogP contribution in [-0.2, 0) is 12.4 Å². The molecule has 0 saturated carbocycles. The Morgan fingerprint density at radius 2 is 1.68 bits per heavy atom. The Labute approximate surface area is 118 Å². The van der Waals surface area contributed by atoms with E-state index in [4.69, 9.17) is 11.6 Å². The maximum absolute atomic E-state index is 14.0. The molecular weight excluding hydrogens is 261 g/mol. The van der Waals surface area contributed by atoms with Crippen LogP contribution in [0.15, 0.2) is 42.5 Å². The summed E-state index contributed by atoms with van der Waals surface area (Å²) in [6, 6.07) is 13.4. The Balaban J connectivity index is 2.15. The van der Waals surface area contributed by atoms with Gasteiger partial charge < -0.3 is 4.90 Å². The lowest BCUT2D eigenvalue weighted by molar-refractivity contribution is 0.621. The van der Waals surface area contributed by atoms with E-state index in [1.165, 1.54) is 11.6 Å². The molecule has 0 aliphatic rings. The second kappa shape index (κ2) is 6.07. The van der Waals surface area contributed by atoms with E-state index in [-0.39, 0.29) is 5.82 Å². The normalized spacial score (nSPS) is 10.5. The zero-order chi connectivity index (χ0) is 13.8. The molecule has 0 aromatic heterocycles. The third-order valence-electron chi connectivity index (χ3n) is 3.12. The molecule has 0 N–H and O–H groups in total. The maximum atomic E-state index is 14.0. The van der Waals surface area contributed by atoms with Gasteiger partial charge in [0.05, 0.1) is 5.69 Å². The fraction of sp³-hybridized carbons (Fsp3) is 0.250.